The topological polar surface area (TPSA) is 120 Å². The van der Waals surface area contributed by atoms with Gasteiger partial charge in [0.2, 0.25) is 11.8 Å². The first kappa shape index (κ1) is 29.1. The third-order valence-corrected chi connectivity index (χ3v) is 7.45. The molecule has 1 aliphatic heterocycles. The summed E-state index contributed by atoms with van der Waals surface area (Å²) in [5.74, 6) is -2.88. The smallest absolute Gasteiger partial charge is 0.461 e. The molecule has 0 radical (unpaired) electrons. The molecule has 1 unspecified atom stereocenters. The van der Waals surface area contributed by atoms with E-state index < -0.39 is 35.5 Å². The first-order valence-electron chi connectivity index (χ1n) is 12.4. The number of nitrogens with one attached hydrogen (secondary N) is 1. The van der Waals surface area contributed by atoms with Gasteiger partial charge in [-0.15, -0.1) is 24.5 Å². The summed E-state index contributed by atoms with van der Waals surface area (Å²) in [6.45, 7) is 1.69. The normalized spacial score (nSPS) is 15.2. The van der Waals surface area contributed by atoms with E-state index >= 15 is 0 Å². The van der Waals surface area contributed by atoms with Crippen LogP contribution < -0.4 is 20.5 Å². The van der Waals surface area contributed by atoms with E-state index in [2.05, 4.69) is 15.2 Å². The van der Waals surface area contributed by atoms with Crippen LogP contribution in [0.1, 0.15) is 23.8 Å². The summed E-state index contributed by atoms with van der Waals surface area (Å²) in [6.07, 6.45) is -4.98. The van der Waals surface area contributed by atoms with Crippen LogP contribution in [-0.4, -0.2) is 47.1 Å². The van der Waals surface area contributed by atoms with Crippen LogP contribution in [0.2, 0.25) is 5.02 Å². The number of hydrogen-bond donors (Lipinski definition) is 1. The summed E-state index contributed by atoms with van der Waals surface area (Å²) in [5, 5.41) is 8.97. The van der Waals surface area contributed by atoms with Crippen LogP contribution in [0.5, 0.6) is 5.75 Å². The largest absolute Gasteiger partial charge is 0.573 e. The molecule has 5 rings (SSSR count). The summed E-state index contributed by atoms with van der Waals surface area (Å²) < 4.78 is 47.6. The van der Waals surface area contributed by atoms with E-state index in [0.717, 1.165) is 40.3 Å². The molecule has 42 heavy (non-hydrogen) atoms. The number of ether oxygens (including phenoxy) is 2. The van der Waals surface area contributed by atoms with Gasteiger partial charge >= 0.3 is 12.3 Å². The molecule has 2 aromatic carbocycles. The second-order valence-electron chi connectivity index (χ2n) is 9.05. The molecule has 10 nitrogen and oxygen atoms in total. The van der Waals surface area contributed by atoms with E-state index in [1.165, 1.54) is 10.3 Å². The second-order valence-corrected chi connectivity index (χ2v) is 10.4. The van der Waals surface area contributed by atoms with Crippen molar-refractivity contribution in [2.45, 2.75) is 19.7 Å². The van der Waals surface area contributed by atoms with Gasteiger partial charge in [-0.25, -0.2) is 4.79 Å². The van der Waals surface area contributed by atoms with Gasteiger partial charge < -0.3 is 19.7 Å². The molecule has 0 aliphatic carbocycles. The van der Waals surface area contributed by atoms with E-state index in [1.807, 2.05) is 0 Å². The predicted molar refractivity (Wildman–Crippen MR) is 148 cm³/mol. The Morgan fingerprint density at radius 3 is 2.40 bits per heavy atom. The number of benzene rings is 2. The van der Waals surface area contributed by atoms with E-state index in [1.54, 1.807) is 31.2 Å². The molecule has 3 heterocycles. The van der Waals surface area contributed by atoms with Crippen LogP contribution in [0.15, 0.2) is 58.7 Å². The van der Waals surface area contributed by atoms with Gasteiger partial charge in [0.05, 0.1) is 23.6 Å². The Kier molecular flexibility index (Phi) is 7.93. The minimum Gasteiger partial charge on any atom is -0.461 e. The number of aromatic nitrogens is 2. The standard InChI is InChI=1S/C27H20ClF3N4O6S/c1-2-40-26(39)22-19-13-42-24(32-23(37)14-11-20(36)34(12-14)16-5-3-15(28)4-6-16)21(19)25(38)35(33-22)17-7-9-18(10-8-17)41-27(29,30)31/h3-10,13-14H,2,11-12H2,1H3,(H,32,37). The SMILES string of the molecule is CCOC(=O)c1nn(-c2ccc(OC(F)(F)F)cc2)c(=O)c2c(NC(=O)C3CC(=O)N(c4ccc(Cl)cc4)C3)scc12. The second kappa shape index (κ2) is 11.4. The Labute approximate surface area is 244 Å². The molecule has 0 spiro atoms. The maximum absolute atomic E-state index is 13.6. The van der Waals surface area contributed by atoms with Crippen molar-refractivity contribution >= 4 is 62.2 Å². The maximum atomic E-state index is 13.6. The number of halogens is 4. The van der Waals surface area contributed by atoms with Crippen LogP contribution in [0.3, 0.4) is 0 Å². The fourth-order valence-electron chi connectivity index (χ4n) is 4.42. The minimum absolute atomic E-state index is 0.0121. The lowest BCUT2D eigenvalue weighted by atomic mass is 10.1. The lowest BCUT2D eigenvalue weighted by Gasteiger charge is -2.16. The average Bonchev–Trinajstić information content (AvgIpc) is 3.53. The molecule has 0 saturated carbocycles. The number of fused-ring (bicyclic) bond motifs is 1. The molecular weight excluding hydrogens is 601 g/mol. The highest BCUT2D eigenvalue weighted by atomic mass is 35.5. The maximum Gasteiger partial charge on any atom is 0.573 e. The van der Waals surface area contributed by atoms with Crippen molar-refractivity contribution in [2.24, 2.45) is 5.92 Å². The molecular formula is C27H20ClF3N4O6S. The molecule has 4 aromatic rings. The van der Waals surface area contributed by atoms with Crippen LogP contribution in [0.25, 0.3) is 16.5 Å². The van der Waals surface area contributed by atoms with Gasteiger partial charge in [0.1, 0.15) is 10.8 Å². The Balaban J connectivity index is 1.48. The van der Waals surface area contributed by atoms with Crippen molar-refractivity contribution < 1.29 is 37.0 Å². The molecule has 2 amide bonds. The third kappa shape index (κ3) is 5.94. The molecule has 218 valence electrons. The number of rotatable bonds is 7. The van der Waals surface area contributed by atoms with Crippen molar-refractivity contribution in [1.82, 2.24) is 9.78 Å². The lowest BCUT2D eigenvalue weighted by molar-refractivity contribution is -0.274. The number of amides is 2. The van der Waals surface area contributed by atoms with Gasteiger partial charge in [-0.2, -0.15) is 9.78 Å². The van der Waals surface area contributed by atoms with Gasteiger partial charge in [0.25, 0.3) is 5.56 Å². The molecule has 2 aromatic heterocycles. The first-order chi connectivity index (χ1) is 19.9. The summed E-state index contributed by atoms with van der Waals surface area (Å²) in [7, 11) is 0. The van der Waals surface area contributed by atoms with Crippen molar-refractivity contribution in [3.05, 3.63) is 75.0 Å². The van der Waals surface area contributed by atoms with Crippen LogP contribution in [0.4, 0.5) is 23.9 Å². The monoisotopic (exact) mass is 620 g/mol. The van der Waals surface area contributed by atoms with E-state index in [9.17, 15) is 32.3 Å². The predicted octanol–water partition coefficient (Wildman–Crippen LogP) is 5.17. The number of alkyl halides is 3. The number of nitrogens with zero attached hydrogens (tertiary/aromatic N) is 3. The van der Waals surface area contributed by atoms with Crippen LogP contribution >= 0.6 is 22.9 Å². The summed E-state index contributed by atoms with van der Waals surface area (Å²) in [6, 6.07) is 10.9. The quantitative estimate of drug-likeness (QED) is 0.283. The Morgan fingerprint density at radius 1 is 1.10 bits per heavy atom. The summed E-state index contributed by atoms with van der Waals surface area (Å²) in [5.41, 5.74) is -0.362. The zero-order chi connectivity index (χ0) is 30.2. The average molecular weight is 621 g/mol. The molecule has 1 aliphatic rings. The van der Waals surface area contributed by atoms with E-state index in [-0.39, 0.29) is 52.6 Å². The van der Waals surface area contributed by atoms with Crippen LogP contribution in [-0.2, 0) is 14.3 Å². The lowest BCUT2D eigenvalue weighted by Crippen LogP contribution is -2.29. The van der Waals surface area contributed by atoms with Crippen LogP contribution in [0, 0.1) is 5.92 Å². The van der Waals surface area contributed by atoms with E-state index in [4.69, 9.17) is 16.3 Å². The van der Waals surface area contributed by atoms with Crippen molar-refractivity contribution in [3.8, 4) is 11.4 Å². The number of anilines is 2. The highest BCUT2D eigenvalue weighted by Gasteiger charge is 2.36. The molecule has 15 heteroatoms. The van der Waals surface area contributed by atoms with Gasteiger partial charge in [0.15, 0.2) is 5.69 Å². The Hall–Kier alpha value is -4.43. The van der Waals surface area contributed by atoms with Gasteiger partial charge in [0, 0.05) is 34.4 Å². The zero-order valence-corrected chi connectivity index (χ0v) is 23.2. The van der Waals surface area contributed by atoms with Gasteiger partial charge in [-0.1, -0.05) is 11.6 Å². The Morgan fingerprint density at radius 2 is 1.76 bits per heavy atom. The number of thiophene rings is 1. The highest BCUT2D eigenvalue weighted by Crippen LogP contribution is 2.33. The van der Waals surface area contributed by atoms with Gasteiger partial charge in [-0.05, 0) is 55.5 Å². The molecule has 1 N–H and O–H groups in total. The number of carbonyl (C=O) groups excluding carboxylic acids is 3. The van der Waals surface area contributed by atoms with Crippen molar-refractivity contribution in [1.29, 1.82) is 0 Å². The summed E-state index contributed by atoms with van der Waals surface area (Å²) in [4.78, 5) is 53.7. The van der Waals surface area contributed by atoms with Crippen molar-refractivity contribution in [3.63, 3.8) is 0 Å². The van der Waals surface area contributed by atoms with Gasteiger partial charge in [-0.3, -0.25) is 14.4 Å². The third-order valence-electron chi connectivity index (χ3n) is 6.31. The molecule has 1 atom stereocenters. The van der Waals surface area contributed by atoms with Crippen molar-refractivity contribution in [2.75, 3.05) is 23.4 Å². The zero-order valence-electron chi connectivity index (χ0n) is 21.6. The number of carbonyl (C=O) groups is 3. The molecule has 1 fully saturated rings. The molecule has 0 bridgehead atoms. The fraction of sp³-hybridized carbons (Fsp3) is 0.222. The Bertz CT molecular complexity index is 1740. The summed E-state index contributed by atoms with van der Waals surface area (Å²) >= 11 is 6.90. The fourth-order valence-corrected chi connectivity index (χ4v) is 5.49. The number of hydrogen-bond acceptors (Lipinski definition) is 8. The number of esters is 1. The van der Waals surface area contributed by atoms with E-state index in [0.29, 0.717) is 10.7 Å². The molecule has 1 saturated heterocycles. The minimum atomic E-state index is -4.91. The first-order valence-corrected chi connectivity index (χ1v) is 13.7. The highest BCUT2D eigenvalue weighted by molar-refractivity contribution is 7.16.